The summed E-state index contributed by atoms with van der Waals surface area (Å²) in [6.07, 6.45) is 3.13. The molecule has 9 heteroatoms. The van der Waals surface area contributed by atoms with Crippen molar-refractivity contribution >= 4 is 58.2 Å². The lowest BCUT2D eigenvalue weighted by Crippen LogP contribution is -2.34. The lowest BCUT2D eigenvalue weighted by molar-refractivity contribution is -0.146. The number of hydrogen-bond donors (Lipinski definition) is 0. The molecule has 0 atom stereocenters. The quantitative estimate of drug-likeness (QED) is 0.244. The Morgan fingerprint density at radius 3 is 2.66 bits per heavy atom. The highest BCUT2D eigenvalue weighted by Gasteiger charge is 2.36. The summed E-state index contributed by atoms with van der Waals surface area (Å²) in [5, 5.41) is 0.520. The Labute approximate surface area is 200 Å². The molecule has 6 nitrogen and oxygen atoms in total. The summed E-state index contributed by atoms with van der Waals surface area (Å²) in [5.74, 6) is -0.691. The smallest absolute Gasteiger partial charge is 0.326 e. The van der Waals surface area contributed by atoms with Crippen LogP contribution in [0.5, 0.6) is 5.75 Å². The number of amides is 2. The Morgan fingerprint density at radius 2 is 1.91 bits per heavy atom. The Balaban J connectivity index is 1.74. The van der Waals surface area contributed by atoms with Gasteiger partial charge < -0.3 is 9.47 Å². The fourth-order valence-electron chi connectivity index (χ4n) is 2.83. The van der Waals surface area contributed by atoms with Gasteiger partial charge in [0, 0.05) is 15.6 Å². The van der Waals surface area contributed by atoms with Crippen molar-refractivity contribution in [3.05, 3.63) is 68.5 Å². The lowest BCUT2D eigenvalue weighted by atomic mass is 10.1. The molecule has 1 fully saturated rings. The average molecular weight is 494 g/mol. The summed E-state index contributed by atoms with van der Waals surface area (Å²) in [6.45, 7) is 2.07. The Kier molecular flexibility index (Phi) is 8.61. The van der Waals surface area contributed by atoms with Crippen LogP contribution in [0.25, 0.3) is 6.08 Å². The van der Waals surface area contributed by atoms with E-state index in [0.29, 0.717) is 21.4 Å². The van der Waals surface area contributed by atoms with Gasteiger partial charge in [0.2, 0.25) is 0 Å². The molecule has 1 saturated heterocycles. The molecular formula is C23H21Cl2NO5S. The van der Waals surface area contributed by atoms with E-state index in [1.54, 1.807) is 30.3 Å². The number of carbonyl (C=O) groups excluding carboxylic acids is 3. The zero-order valence-corrected chi connectivity index (χ0v) is 19.6. The van der Waals surface area contributed by atoms with Gasteiger partial charge in [0.1, 0.15) is 18.9 Å². The SMILES string of the molecule is CCCCOC(=O)CN1C(=O)S/C(=C/c2cc(Cl)ccc2OCc2cccc(Cl)c2)C1=O. The average Bonchev–Trinajstić information content (AvgIpc) is 3.01. The summed E-state index contributed by atoms with van der Waals surface area (Å²) in [5.41, 5.74) is 1.41. The largest absolute Gasteiger partial charge is 0.488 e. The van der Waals surface area contributed by atoms with Crippen LogP contribution in [0, 0.1) is 0 Å². The second kappa shape index (κ2) is 11.4. The third-order valence-electron chi connectivity index (χ3n) is 4.46. The predicted molar refractivity (Wildman–Crippen MR) is 126 cm³/mol. The standard InChI is InChI=1S/C23H21Cl2NO5S/c1-2-3-9-30-21(27)13-26-22(28)20(32-23(26)29)12-16-11-18(25)7-8-19(16)31-14-15-5-4-6-17(24)10-15/h4-8,10-12H,2-3,9,13-14H2,1H3/b20-12+. The second-order valence-electron chi connectivity index (χ2n) is 6.94. The number of ether oxygens (including phenoxy) is 2. The highest BCUT2D eigenvalue weighted by atomic mass is 35.5. The minimum atomic E-state index is -0.615. The number of carbonyl (C=O) groups is 3. The number of nitrogens with zero attached hydrogens (tertiary/aromatic N) is 1. The van der Waals surface area contributed by atoms with Crippen LogP contribution in [0.3, 0.4) is 0 Å². The minimum Gasteiger partial charge on any atom is -0.488 e. The number of rotatable bonds is 9. The summed E-state index contributed by atoms with van der Waals surface area (Å²) >= 11 is 12.9. The molecule has 1 aliphatic heterocycles. The van der Waals surface area contributed by atoms with Crippen molar-refractivity contribution < 1.29 is 23.9 Å². The molecule has 2 aromatic carbocycles. The van der Waals surface area contributed by atoms with E-state index in [1.165, 1.54) is 6.08 Å². The first kappa shape index (κ1) is 24.2. The second-order valence-corrected chi connectivity index (χ2v) is 8.81. The normalized spacial score (nSPS) is 14.8. The van der Waals surface area contributed by atoms with E-state index in [2.05, 4.69) is 0 Å². The van der Waals surface area contributed by atoms with Gasteiger partial charge in [0.05, 0.1) is 11.5 Å². The van der Waals surface area contributed by atoms with Crippen molar-refractivity contribution in [2.24, 2.45) is 0 Å². The minimum absolute atomic E-state index is 0.172. The lowest BCUT2D eigenvalue weighted by Gasteiger charge is -2.12. The van der Waals surface area contributed by atoms with Gasteiger partial charge in [-0.05, 0) is 60.2 Å². The van der Waals surface area contributed by atoms with Crippen molar-refractivity contribution in [1.29, 1.82) is 0 Å². The molecular weight excluding hydrogens is 473 g/mol. The van der Waals surface area contributed by atoms with Crippen molar-refractivity contribution in [1.82, 2.24) is 4.90 Å². The zero-order chi connectivity index (χ0) is 23.1. The Bertz CT molecular complexity index is 1060. The van der Waals surface area contributed by atoms with Crippen LogP contribution in [0.4, 0.5) is 4.79 Å². The molecule has 1 heterocycles. The molecule has 168 valence electrons. The summed E-state index contributed by atoms with van der Waals surface area (Å²) < 4.78 is 10.9. The van der Waals surface area contributed by atoms with Crippen LogP contribution in [0.2, 0.25) is 10.0 Å². The molecule has 0 aromatic heterocycles. The molecule has 0 radical (unpaired) electrons. The number of unbranched alkanes of at least 4 members (excludes halogenated alkanes) is 1. The van der Waals surface area contributed by atoms with E-state index in [1.807, 2.05) is 19.1 Å². The number of esters is 1. The van der Waals surface area contributed by atoms with Gasteiger partial charge in [0.15, 0.2) is 0 Å². The molecule has 0 spiro atoms. The van der Waals surface area contributed by atoms with Crippen molar-refractivity contribution in [3.63, 3.8) is 0 Å². The van der Waals surface area contributed by atoms with Gasteiger partial charge in [-0.15, -0.1) is 0 Å². The summed E-state index contributed by atoms with van der Waals surface area (Å²) in [7, 11) is 0. The fraction of sp³-hybridized carbons (Fsp3) is 0.261. The first-order chi connectivity index (χ1) is 15.4. The van der Waals surface area contributed by atoms with Crippen LogP contribution >= 0.6 is 35.0 Å². The van der Waals surface area contributed by atoms with E-state index < -0.39 is 23.7 Å². The molecule has 1 aliphatic rings. The van der Waals surface area contributed by atoms with E-state index in [9.17, 15) is 14.4 Å². The van der Waals surface area contributed by atoms with Crippen LogP contribution in [-0.2, 0) is 20.9 Å². The summed E-state index contributed by atoms with van der Waals surface area (Å²) in [4.78, 5) is 38.0. The van der Waals surface area contributed by atoms with Gasteiger partial charge in [-0.25, -0.2) is 0 Å². The maximum absolute atomic E-state index is 12.7. The van der Waals surface area contributed by atoms with Gasteiger partial charge in [-0.3, -0.25) is 19.3 Å². The monoisotopic (exact) mass is 493 g/mol. The van der Waals surface area contributed by atoms with Gasteiger partial charge in [0.25, 0.3) is 11.1 Å². The van der Waals surface area contributed by atoms with Crippen LogP contribution in [0.1, 0.15) is 30.9 Å². The number of benzene rings is 2. The number of imide groups is 1. The van der Waals surface area contributed by atoms with Crippen LogP contribution in [0.15, 0.2) is 47.4 Å². The molecule has 0 unspecified atom stereocenters. The van der Waals surface area contributed by atoms with Gasteiger partial charge >= 0.3 is 5.97 Å². The van der Waals surface area contributed by atoms with E-state index in [-0.39, 0.29) is 18.1 Å². The molecule has 2 aromatic rings. The van der Waals surface area contributed by atoms with E-state index in [4.69, 9.17) is 32.7 Å². The fourth-order valence-corrected chi connectivity index (χ4v) is 4.06. The molecule has 3 rings (SSSR count). The molecule has 2 amide bonds. The third-order valence-corrected chi connectivity index (χ3v) is 5.84. The number of halogens is 2. The van der Waals surface area contributed by atoms with Gasteiger partial charge in [-0.1, -0.05) is 48.7 Å². The van der Waals surface area contributed by atoms with Crippen LogP contribution < -0.4 is 4.74 Å². The van der Waals surface area contributed by atoms with E-state index in [0.717, 1.165) is 35.1 Å². The topological polar surface area (TPSA) is 72.9 Å². The number of thioether (sulfide) groups is 1. The maximum Gasteiger partial charge on any atom is 0.326 e. The Morgan fingerprint density at radius 1 is 1.12 bits per heavy atom. The summed E-state index contributed by atoms with van der Waals surface area (Å²) in [6, 6.07) is 12.3. The van der Waals surface area contributed by atoms with Crippen LogP contribution in [-0.4, -0.2) is 35.2 Å². The first-order valence-electron chi connectivity index (χ1n) is 9.95. The highest BCUT2D eigenvalue weighted by Crippen LogP contribution is 2.35. The van der Waals surface area contributed by atoms with Crippen molar-refractivity contribution in [2.75, 3.05) is 13.2 Å². The van der Waals surface area contributed by atoms with Gasteiger partial charge in [-0.2, -0.15) is 0 Å². The first-order valence-corrected chi connectivity index (χ1v) is 11.5. The molecule has 0 aliphatic carbocycles. The Hall–Kier alpha value is -2.48. The molecule has 32 heavy (non-hydrogen) atoms. The maximum atomic E-state index is 12.7. The zero-order valence-electron chi connectivity index (χ0n) is 17.3. The van der Waals surface area contributed by atoms with E-state index >= 15 is 0 Å². The highest BCUT2D eigenvalue weighted by molar-refractivity contribution is 8.18. The molecule has 0 N–H and O–H groups in total. The number of hydrogen-bond acceptors (Lipinski definition) is 6. The van der Waals surface area contributed by atoms with Crippen molar-refractivity contribution in [3.8, 4) is 5.75 Å². The molecule has 0 saturated carbocycles. The molecule has 0 bridgehead atoms. The third kappa shape index (κ3) is 6.51. The van der Waals surface area contributed by atoms with Crippen molar-refractivity contribution in [2.45, 2.75) is 26.4 Å². The predicted octanol–water partition coefficient (Wildman–Crippen LogP) is 5.95.